The van der Waals surface area contributed by atoms with Gasteiger partial charge in [-0.05, 0) is 36.8 Å². The van der Waals surface area contributed by atoms with Crippen LogP contribution in [0.2, 0.25) is 0 Å². The first kappa shape index (κ1) is 17.5. The van der Waals surface area contributed by atoms with Gasteiger partial charge in [-0.1, -0.05) is 30.3 Å². The fourth-order valence-corrected chi connectivity index (χ4v) is 3.17. The minimum absolute atomic E-state index is 0.153. The highest BCUT2D eigenvalue weighted by atomic mass is 19.4. The SMILES string of the molecule is O=C(Cn1ccc(C(F)(F)F)n1)N1CCC(Cc2ccccc2)CC1. The number of nitrogens with zero attached hydrogens (tertiary/aromatic N) is 3. The van der Waals surface area contributed by atoms with Gasteiger partial charge in [0.05, 0.1) is 0 Å². The molecule has 1 amide bonds. The number of halogens is 3. The van der Waals surface area contributed by atoms with Crippen molar-refractivity contribution in [3.63, 3.8) is 0 Å². The van der Waals surface area contributed by atoms with E-state index in [9.17, 15) is 18.0 Å². The van der Waals surface area contributed by atoms with Gasteiger partial charge >= 0.3 is 6.18 Å². The summed E-state index contributed by atoms with van der Waals surface area (Å²) in [5, 5.41) is 3.43. The Morgan fingerprint density at radius 3 is 2.40 bits per heavy atom. The fourth-order valence-electron chi connectivity index (χ4n) is 3.17. The molecule has 1 aliphatic heterocycles. The predicted molar refractivity (Wildman–Crippen MR) is 86.7 cm³/mol. The first-order valence-electron chi connectivity index (χ1n) is 8.34. The highest BCUT2D eigenvalue weighted by molar-refractivity contribution is 5.76. The number of alkyl halides is 3. The molecule has 3 rings (SSSR count). The van der Waals surface area contributed by atoms with Gasteiger partial charge in [0.15, 0.2) is 5.69 Å². The lowest BCUT2D eigenvalue weighted by molar-refractivity contribution is -0.142. The number of benzene rings is 1. The molecule has 0 saturated carbocycles. The Morgan fingerprint density at radius 1 is 1.12 bits per heavy atom. The van der Waals surface area contributed by atoms with Crippen LogP contribution in [0, 0.1) is 5.92 Å². The van der Waals surface area contributed by atoms with E-state index in [4.69, 9.17) is 0 Å². The van der Waals surface area contributed by atoms with Crippen molar-refractivity contribution < 1.29 is 18.0 Å². The number of hydrogen-bond acceptors (Lipinski definition) is 2. The molecule has 1 saturated heterocycles. The number of carbonyl (C=O) groups excluding carboxylic acids is 1. The lowest BCUT2D eigenvalue weighted by Gasteiger charge is -2.32. The van der Waals surface area contributed by atoms with Crippen LogP contribution < -0.4 is 0 Å². The third-order valence-corrected chi connectivity index (χ3v) is 4.56. The van der Waals surface area contributed by atoms with E-state index in [2.05, 4.69) is 17.2 Å². The first-order valence-corrected chi connectivity index (χ1v) is 8.34. The number of amides is 1. The van der Waals surface area contributed by atoms with Crippen LogP contribution in [0.4, 0.5) is 13.2 Å². The van der Waals surface area contributed by atoms with E-state index in [0.717, 1.165) is 30.0 Å². The quantitative estimate of drug-likeness (QED) is 0.847. The summed E-state index contributed by atoms with van der Waals surface area (Å²) >= 11 is 0. The maximum absolute atomic E-state index is 12.5. The summed E-state index contributed by atoms with van der Waals surface area (Å²) in [5.41, 5.74) is 0.324. The van der Waals surface area contributed by atoms with Crippen molar-refractivity contribution in [3.05, 3.63) is 53.9 Å². The van der Waals surface area contributed by atoms with E-state index < -0.39 is 11.9 Å². The zero-order chi connectivity index (χ0) is 17.9. The van der Waals surface area contributed by atoms with Crippen molar-refractivity contribution in [2.24, 2.45) is 5.92 Å². The number of aromatic nitrogens is 2. The lowest BCUT2D eigenvalue weighted by Crippen LogP contribution is -2.40. The van der Waals surface area contributed by atoms with Gasteiger partial charge in [0.25, 0.3) is 0 Å². The molecule has 134 valence electrons. The zero-order valence-electron chi connectivity index (χ0n) is 13.7. The van der Waals surface area contributed by atoms with Crippen LogP contribution in [-0.2, 0) is 23.9 Å². The minimum Gasteiger partial charge on any atom is -0.341 e. The molecule has 2 heterocycles. The molecule has 0 aliphatic carbocycles. The van der Waals surface area contributed by atoms with Gasteiger partial charge in [0.2, 0.25) is 5.91 Å². The molecule has 1 fully saturated rings. The first-order chi connectivity index (χ1) is 11.9. The summed E-state index contributed by atoms with van der Waals surface area (Å²) in [6.07, 6.45) is -0.467. The summed E-state index contributed by atoms with van der Waals surface area (Å²) in [4.78, 5) is 14.0. The maximum atomic E-state index is 12.5. The van der Waals surface area contributed by atoms with Crippen LogP contribution in [0.5, 0.6) is 0 Å². The maximum Gasteiger partial charge on any atom is 0.435 e. The summed E-state index contributed by atoms with van der Waals surface area (Å²) in [5.74, 6) is 0.350. The highest BCUT2D eigenvalue weighted by Gasteiger charge is 2.33. The van der Waals surface area contributed by atoms with Crippen molar-refractivity contribution >= 4 is 5.91 Å². The Bertz CT molecular complexity index is 704. The molecule has 0 N–H and O–H groups in total. The van der Waals surface area contributed by atoms with E-state index in [1.807, 2.05) is 18.2 Å². The summed E-state index contributed by atoms with van der Waals surface area (Å²) < 4.78 is 38.7. The Kier molecular flexibility index (Phi) is 5.11. The standard InChI is InChI=1S/C18H20F3N3O/c19-18(20,21)16-8-11-24(22-16)13-17(25)23-9-6-15(7-10-23)12-14-4-2-1-3-5-14/h1-5,8,11,15H,6-7,9-10,12-13H2. The molecule has 0 atom stereocenters. The number of hydrogen-bond donors (Lipinski definition) is 0. The van der Waals surface area contributed by atoms with Crippen LogP contribution in [-0.4, -0.2) is 33.7 Å². The second-order valence-corrected chi connectivity index (χ2v) is 6.41. The molecule has 25 heavy (non-hydrogen) atoms. The third-order valence-electron chi connectivity index (χ3n) is 4.56. The molecule has 0 bridgehead atoms. The van der Waals surface area contributed by atoms with Gasteiger partial charge in [0.1, 0.15) is 6.54 Å². The van der Waals surface area contributed by atoms with Crippen LogP contribution >= 0.6 is 0 Å². The van der Waals surface area contributed by atoms with Gasteiger partial charge in [-0.25, -0.2) is 0 Å². The van der Waals surface area contributed by atoms with Crippen molar-refractivity contribution in [2.45, 2.75) is 32.0 Å². The molecule has 1 aliphatic rings. The Morgan fingerprint density at radius 2 is 1.80 bits per heavy atom. The van der Waals surface area contributed by atoms with Crippen LogP contribution in [0.25, 0.3) is 0 Å². The lowest BCUT2D eigenvalue weighted by atomic mass is 9.90. The van der Waals surface area contributed by atoms with Gasteiger partial charge in [-0.3, -0.25) is 9.48 Å². The van der Waals surface area contributed by atoms with Crippen molar-refractivity contribution in [1.29, 1.82) is 0 Å². The zero-order valence-corrected chi connectivity index (χ0v) is 13.7. The Labute approximate surface area is 144 Å². The molecule has 0 spiro atoms. The minimum atomic E-state index is -4.48. The molecular weight excluding hydrogens is 331 g/mol. The van der Waals surface area contributed by atoms with Gasteiger partial charge in [-0.15, -0.1) is 0 Å². The van der Waals surface area contributed by atoms with E-state index in [0.29, 0.717) is 19.0 Å². The van der Waals surface area contributed by atoms with Gasteiger partial charge < -0.3 is 4.90 Å². The molecule has 7 heteroatoms. The summed E-state index contributed by atoms with van der Waals surface area (Å²) in [7, 11) is 0. The van der Waals surface area contributed by atoms with Gasteiger partial charge in [-0.2, -0.15) is 18.3 Å². The second kappa shape index (κ2) is 7.29. The van der Waals surface area contributed by atoms with Crippen molar-refractivity contribution in [1.82, 2.24) is 14.7 Å². The van der Waals surface area contributed by atoms with Gasteiger partial charge in [0, 0.05) is 19.3 Å². The normalized spacial score (nSPS) is 16.2. The summed E-state index contributed by atoms with van der Waals surface area (Å²) in [6.45, 7) is 1.13. The predicted octanol–water partition coefficient (Wildman–Crippen LogP) is 3.38. The molecule has 0 unspecified atom stereocenters. The smallest absolute Gasteiger partial charge is 0.341 e. The number of rotatable bonds is 4. The average Bonchev–Trinajstić information content (AvgIpc) is 3.05. The van der Waals surface area contributed by atoms with E-state index in [1.54, 1.807) is 4.90 Å². The van der Waals surface area contributed by atoms with Crippen LogP contribution in [0.1, 0.15) is 24.1 Å². The second-order valence-electron chi connectivity index (χ2n) is 6.41. The largest absolute Gasteiger partial charge is 0.435 e. The molecule has 1 aromatic carbocycles. The van der Waals surface area contributed by atoms with E-state index in [-0.39, 0.29) is 12.5 Å². The molecule has 4 nitrogen and oxygen atoms in total. The summed E-state index contributed by atoms with van der Waals surface area (Å²) in [6, 6.07) is 11.1. The number of piperidine rings is 1. The monoisotopic (exact) mass is 351 g/mol. The average molecular weight is 351 g/mol. The topological polar surface area (TPSA) is 38.1 Å². The Balaban J connectivity index is 1.49. The van der Waals surface area contributed by atoms with Crippen LogP contribution in [0.15, 0.2) is 42.6 Å². The Hall–Kier alpha value is -2.31. The van der Waals surface area contributed by atoms with Crippen molar-refractivity contribution in [2.75, 3.05) is 13.1 Å². The molecule has 1 aromatic heterocycles. The fraction of sp³-hybridized carbons (Fsp3) is 0.444. The number of likely N-dealkylation sites (tertiary alicyclic amines) is 1. The van der Waals surface area contributed by atoms with E-state index >= 15 is 0 Å². The molecular formula is C18H20F3N3O. The third kappa shape index (κ3) is 4.61. The molecule has 0 radical (unpaired) electrons. The van der Waals surface area contributed by atoms with Crippen molar-refractivity contribution in [3.8, 4) is 0 Å². The van der Waals surface area contributed by atoms with E-state index in [1.165, 1.54) is 11.8 Å². The number of carbonyl (C=O) groups is 1. The van der Waals surface area contributed by atoms with Crippen LogP contribution in [0.3, 0.4) is 0 Å². The highest BCUT2D eigenvalue weighted by Crippen LogP contribution is 2.27. The molecule has 2 aromatic rings.